The minimum atomic E-state index is -0.323. The number of methoxy groups -OCH3 is 2. The van der Waals surface area contributed by atoms with Gasteiger partial charge in [-0.2, -0.15) is 0 Å². The van der Waals surface area contributed by atoms with Crippen molar-refractivity contribution in [1.29, 1.82) is 0 Å². The molecule has 0 saturated heterocycles. The summed E-state index contributed by atoms with van der Waals surface area (Å²) in [5.41, 5.74) is 0.869. The minimum Gasteiger partial charge on any atom is -0.493 e. The van der Waals surface area contributed by atoms with Gasteiger partial charge >= 0.3 is 5.97 Å². The highest BCUT2D eigenvalue weighted by atomic mass is 16.5. The summed E-state index contributed by atoms with van der Waals surface area (Å²) in [6.45, 7) is 2.08. The smallest absolute Gasteiger partial charge is 0.309 e. The molecule has 1 aliphatic carbocycles. The Labute approximate surface area is 129 Å². The Morgan fingerprint density at radius 3 is 2.50 bits per heavy atom. The summed E-state index contributed by atoms with van der Waals surface area (Å²) >= 11 is 0. The Morgan fingerprint density at radius 1 is 1.23 bits per heavy atom. The number of benzene rings is 1. The molecule has 1 saturated carbocycles. The van der Waals surface area contributed by atoms with Crippen LogP contribution in [0.3, 0.4) is 0 Å². The van der Waals surface area contributed by atoms with Gasteiger partial charge in [0.05, 0.1) is 20.1 Å². The van der Waals surface area contributed by atoms with Crippen LogP contribution in [0.2, 0.25) is 0 Å². The Kier molecular flexibility index (Phi) is 5.25. The maximum atomic E-state index is 11.7. The van der Waals surface area contributed by atoms with Crippen LogP contribution in [0.25, 0.3) is 0 Å². The van der Waals surface area contributed by atoms with E-state index in [1.165, 1.54) is 0 Å². The monoisotopic (exact) mass is 307 g/mol. The molecule has 0 bridgehead atoms. The van der Waals surface area contributed by atoms with Gasteiger partial charge in [0, 0.05) is 6.54 Å². The highest BCUT2D eigenvalue weighted by molar-refractivity contribution is 5.82. The van der Waals surface area contributed by atoms with Crippen molar-refractivity contribution < 1.29 is 23.8 Å². The Bertz CT molecular complexity index is 557. The van der Waals surface area contributed by atoms with Crippen LogP contribution >= 0.6 is 0 Å². The molecule has 1 aromatic rings. The molecule has 0 radical (unpaired) electrons. The van der Waals surface area contributed by atoms with Crippen LogP contribution in [0.15, 0.2) is 18.2 Å². The van der Waals surface area contributed by atoms with E-state index in [0.29, 0.717) is 24.0 Å². The van der Waals surface area contributed by atoms with Gasteiger partial charge in [-0.25, -0.2) is 0 Å². The summed E-state index contributed by atoms with van der Waals surface area (Å²) in [6, 6.07) is 5.39. The fourth-order valence-electron chi connectivity index (χ4n) is 2.14. The molecule has 0 unspecified atom stereocenters. The van der Waals surface area contributed by atoms with Crippen LogP contribution in [0, 0.1) is 11.8 Å². The lowest BCUT2D eigenvalue weighted by Crippen LogP contribution is -2.28. The van der Waals surface area contributed by atoms with E-state index >= 15 is 0 Å². The van der Waals surface area contributed by atoms with E-state index < -0.39 is 0 Å². The standard InChI is InChI=1S/C16H21NO5/c1-10-6-12(10)16(19)22-9-15(18)17-8-11-4-5-13(20-2)14(7-11)21-3/h4-5,7,10,12H,6,8-9H2,1-3H3,(H,17,18)/t10-,12-/m1/s1. The average Bonchev–Trinajstić information content (AvgIpc) is 3.27. The topological polar surface area (TPSA) is 73.9 Å². The summed E-state index contributed by atoms with van der Waals surface area (Å²) in [4.78, 5) is 23.2. The first-order valence-electron chi connectivity index (χ1n) is 7.19. The molecule has 0 aromatic heterocycles. The van der Waals surface area contributed by atoms with Gasteiger partial charge in [0.2, 0.25) is 0 Å². The second-order valence-electron chi connectivity index (χ2n) is 5.39. The zero-order valence-corrected chi connectivity index (χ0v) is 13.0. The number of esters is 1. The molecule has 0 aliphatic heterocycles. The summed E-state index contributed by atoms with van der Waals surface area (Å²) in [5.74, 6) is 0.972. The molecule has 1 amide bonds. The van der Waals surface area contributed by atoms with Gasteiger partial charge in [0.25, 0.3) is 5.91 Å². The zero-order valence-electron chi connectivity index (χ0n) is 13.0. The van der Waals surface area contributed by atoms with E-state index in [-0.39, 0.29) is 24.4 Å². The zero-order chi connectivity index (χ0) is 16.1. The van der Waals surface area contributed by atoms with Crippen molar-refractivity contribution >= 4 is 11.9 Å². The molecule has 1 aliphatic rings. The van der Waals surface area contributed by atoms with Crippen LogP contribution in [0.5, 0.6) is 11.5 Å². The Hall–Kier alpha value is -2.24. The lowest BCUT2D eigenvalue weighted by molar-refractivity contribution is -0.150. The third-order valence-electron chi connectivity index (χ3n) is 3.70. The van der Waals surface area contributed by atoms with Crippen LogP contribution in [-0.4, -0.2) is 32.7 Å². The summed E-state index contributed by atoms with van der Waals surface area (Å²) in [5, 5.41) is 2.70. The van der Waals surface area contributed by atoms with Gasteiger partial charge in [-0.3, -0.25) is 9.59 Å². The number of amides is 1. The number of carbonyl (C=O) groups is 2. The van der Waals surface area contributed by atoms with Gasteiger partial charge in [0.1, 0.15) is 0 Å². The number of rotatable bonds is 7. The van der Waals surface area contributed by atoms with Crippen molar-refractivity contribution in [2.24, 2.45) is 11.8 Å². The number of hydrogen-bond acceptors (Lipinski definition) is 5. The third-order valence-corrected chi connectivity index (χ3v) is 3.70. The molecule has 0 heterocycles. The number of ether oxygens (including phenoxy) is 3. The predicted molar refractivity (Wildman–Crippen MR) is 79.6 cm³/mol. The largest absolute Gasteiger partial charge is 0.493 e. The fraction of sp³-hybridized carbons (Fsp3) is 0.500. The molecule has 120 valence electrons. The molecule has 2 atom stereocenters. The predicted octanol–water partition coefficient (Wildman–Crippen LogP) is 1.52. The van der Waals surface area contributed by atoms with Crippen LogP contribution in [0.4, 0.5) is 0 Å². The molecule has 2 rings (SSSR count). The number of nitrogens with one attached hydrogen (secondary N) is 1. The highest BCUT2D eigenvalue weighted by Crippen LogP contribution is 2.38. The fourth-order valence-corrected chi connectivity index (χ4v) is 2.14. The lowest BCUT2D eigenvalue weighted by atomic mass is 10.2. The lowest BCUT2D eigenvalue weighted by Gasteiger charge is -2.10. The van der Waals surface area contributed by atoms with Gasteiger partial charge in [-0.05, 0) is 30.0 Å². The summed E-state index contributed by atoms with van der Waals surface area (Å²) in [6.07, 6.45) is 0.853. The third kappa shape index (κ3) is 4.13. The molecule has 1 fully saturated rings. The molecule has 1 aromatic carbocycles. The van der Waals surface area contributed by atoms with E-state index in [4.69, 9.17) is 14.2 Å². The maximum Gasteiger partial charge on any atom is 0.309 e. The Balaban J connectivity index is 1.77. The van der Waals surface area contributed by atoms with Gasteiger partial charge in [-0.15, -0.1) is 0 Å². The maximum absolute atomic E-state index is 11.7. The first-order valence-corrected chi connectivity index (χ1v) is 7.19. The van der Waals surface area contributed by atoms with Crippen LogP contribution in [0.1, 0.15) is 18.9 Å². The molecular formula is C16H21NO5. The van der Waals surface area contributed by atoms with E-state index in [9.17, 15) is 9.59 Å². The molecule has 6 heteroatoms. The number of hydrogen-bond donors (Lipinski definition) is 1. The average molecular weight is 307 g/mol. The quantitative estimate of drug-likeness (QED) is 0.773. The molecule has 0 spiro atoms. The minimum absolute atomic E-state index is 0.0290. The van der Waals surface area contributed by atoms with Crippen molar-refractivity contribution in [1.82, 2.24) is 5.32 Å². The van der Waals surface area contributed by atoms with Gasteiger partial charge in [0.15, 0.2) is 18.1 Å². The second kappa shape index (κ2) is 7.15. The highest BCUT2D eigenvalue weighted by Gasteiger charge is 2.40. The van der Waals surface area contributed by atoms with Crippen molar-refractivity contribution in [2.75, 3.05) is 20.8 Å². The van der Waals surface area contributed by atoms with Crippen LogP contribution in [-0.2, 0) is 20.9 Å². The van der Waals surface area contributed by atoms with E-state index in [1.54, 1.807) is 26.4 Å². The Morgan fingerprint density at radius 2 is 1.91 bits per heavy atom. The number of carbonyl (C=O) groups excluding carboxylic acids is 2. The molecule has 1 N–H and O–H groups in total. The summed E-state index contributed by atoms with van der Waals surface area (Å²) < 4.78 is 15.3. The van der Waals surface area contributed by atoms with Gasteiger partial charge < -0.3 is 19.5 Å². The first kappa shape index (κ1) is 16.1. The van der Waals surface area contributed by atoms with Crippen LogP contribution < -0.4 is 14.8 Å². The van der Waals surface area contributed by atoms with Gasteiger partial charge in [-0.1, -0.05) is 13.0 Å². The first-order chi connectivity index (χ1) is 10.5. The molecule has 6 nitrogen and oxygen atoms in total. The van der Waals surface area contributed by atoms with Crippen molar-refractivity contribution in [3.8, 4) is 11.5 Å². The van der Waals surface area contributed by atoms with E-state index in [2.05, 4.69) is 5.32 Å². The normalized spacial score (nSPS) is 19.2. The van der Waals surface area contributed by atoms with Crippen molar-refractivity contribution in [2.45, 2.75) is 19.9 Å². The van der Waals surface area contributed by atoms with E-state index in [1.807, 2.05) is 13.0 Å². The molecule has 22 heavy (non-hydrogen) atoms. The van der Waals surface area contributed by atoms with Crippen molar-refractivity contribution in [3.63, 3.8) is 0 Å². The molecular weight excluding hydrogens is 286 g/mol. The van der Waals surface area contributed by atoms with E-state index in [0.717, 1.165) is 12.0 Å². The van der Waals surface area contributed by atoms with Crippen molar-refractivity contribution in [3.05, 3.63) is 23.8 Å². The second-order valence-corrected chi connectivity index (χ2v) is 5.39. The SMILES string of the molecule is COc1ccc(CNC(=O)COC(=O)[C@@H]2C[C@H]2C)cc1OC. The summed E-state index contributed by atoms with van der Waals surface area (Å²) in [7, 11) is 3.12.